The smallest absolute Gasteiger partial charge is 0.326 e. The van der Waals surface area contributed by atoms with Crippen LogP contribution in [-0.4, -0.2) is 40.4 Å². The van der Waals surface area contributed by atoms with Gasteiger partial charge in [-0.25, -0.2) is 13.4 Å². The summed E-state index contributed by atoms with van der Waals surface area (Å²) in [6, 6.07) is 4.77. The second-order valence-electron chi connectivity index (χ2n) is 4.66. The molecular formula is C13H14ClN3O4S. The Morgan fingerprint density at radius 3 is 2.55 bits per heavy atom. The molecule has 0 aliphatic carbocycles. The second-order valence-corrected chi connectivity index (χ2v) is 7.01. The fourth-order valence-corrected chi connectivity index (χ4v) is 3.48. The van der Waals surface area contributed by atoms with Crippen LogP contribution in [0.4, 0.5) is 0 Å². The number of halogens is 1. The molecule has 1 aromatic heterocycles. The van der Waals surface area contributed by atoms with E-state index < -0.39 is 22.0 Å². The average Bonchev–Trinajstić information content (AvgIpc) is 2.88. The number of aryl methyl sites for hydroxylation is 1. The summed E-state index contributed by atoms with van der Waals surface area (Å²) in [6.07, 6.45) is 2.63. The number of hydrogen-bond acceptors (Lipinski definition) is 4. The first-order chi connectivity index (χ1) is 10.2. The fourth-order valence-electron chi connectivity index (χ4n) is 1.99. The molecule has 0 bridgehead atoms. The number of benzene rings is 1. The van der Waals surface area contributed by atoms with E-state index >= 15 is 0 Å². The number of sulfonamides is 1. The number of carboxylic acids is 1. The van der Waals surface area contributed by atoms with Crippen LogP contribution in [0.25, 0.3) is 0 Å². The predicted molar refractivity (Wildman–Crippen MR) is 80.0 cm³/mol. The minimum Gasteiger partial charge on any atom is -0.480 e. The van der Waals surface area contributed by atoms with Crippen molar-refractivity contribution in [3.63, 3.8) is 0 Å². The molecule has 2 rings (SSSR count). The highest BCUT2D eigenvalue weighted by atomic mass is 35.5. The summed E-state index contributed by atoms with van der Waals surface area (Å²) in [5.74, 6) is -1.32. The molecule has 9 heteroatoms. The third kappa shape index (κ3) is 2.99. The van der Waals surface area contributed by atoms with Gasteiger partial charge in [0.25, 0.3) is 10.0 Å². The van der Waals surface area contributed by atoms with Crippen LogP contribution < -0.4 is 0 Å². The Morgan fingerprint density at radius 2 is 2.05 bits per heavy atom. The van der Waals surface area contributed by atoms with Crippen molar-refractivity contribution in [2.24, 2.45) is 7.05 Å². The Labute approximate surface area is 132 Å². The third-order valence-electron chi connectivity index (χ3n) is 3.12. The molecule has 0 amide bonds. The van der Waals surface area contributed by atoms with Gasteiger partial charge in [0, 0.05) is 30.9 Å². The van der Waals surface area contributed by atoms with Crippen molar-refractivity contribution in [1.29, 1.82) is 0 Å². The average molecular weight is 344 g/mol. The SMILES string of the molecule is CN(C(C(=O)O)c1ccccc1Cl)S(=O)(=O)c1cn(C)cn1. The van der Waals surface area contributed by atoms with E-state index in [0.717, 1.165) is 4.31 Å². The van der Waals surface area contributed by atoms with E-state index in [2.05, 4.69) is 4.98 Å². The van der Waals surface area contributed by atoms with E-state index in [1.807, 2.05) is 0 Å². The van der Waals surface area contributed by atoms with Gasteiger partial charge >= 0.3 is 5.97 Å². The summed E-state index contributed by atoms with van der Waals surface area (Å²) in [5, 5.41) is 9.40. The van der Waals surface area contributed by atoms with Crippen molar-refractivity contribution in [2.75, 3.05) is 7.05 Å². The topological polar surface area (TPSA) is 92.5 Å². The second kappa shape index (κ2) is 6.07. The predicted octanol–water partition coefficient (Wildman–Crippen LogP) is 1.52. The van der Waals surface area contributed by atoms with E-state index in [4.69, 9.17) is 11.6 Å². The minimum absolute atomic E-state index is 0.179. The number of aliphatic carboxylic acids is 1. The zero-order valence-corrected chi connectivity index (χ0v) is 13.4. The number of aromatic nitrogens is 2. The lowest BCUT2D eigenvalue weighted by atomic mass is 10.1. The van der Waals surface area contributed by atoms with Crippen molar-refractivity contribution >= 4 is 27.6 Å². The molecule has 0 aliphatic rings. The maximum atomic E-state index is 12.5. The van der Waals surface area contributed by atoms with Gasteiger partial charge in [-0.05, 0) is 6.07 Å². The van der Waals surface area contributed by atoms with Gasteiger partial charge in [-0.15, -0.1) is 0 Å². The summed E-state index contributed by atoms with van der Waals surface area (Å²) in [6.45, 7) is 0. The van der Waals surface area contributed by atoms with Crippen LogP contribution in [-0.2, 0) is 21.9 Å². The van der Waals surface area contributed by atoms with Crippen LogP contribution in [0, 0.1) is 0 Å². The van der Waals surface area contributed by atoms with Crippen LogP contribution in [0.5, 0.6) is 0 Å². The van der Waals surface area contributed by atoms with Gasteiger partial charge in [-0.2, -0.15) is 4.31 Å². The van der Waals surface area contributed by atoms with E-state index in [9.17, 15) is 18.3 Å². The monoisotopic (exact) mass is 343 g/mol. The summed E-state index contributed by atoms with van der Waals surface area (Å²) >= 11 is 6.00. The molecule has 0 saturated carbocycles. The third-order valence-corrected chi connectivity index (χ3v) is 5.17. The van der Waals surface area contributed by atoms with Crippen LogP contribution in [0.2, 0.25) is 5.02 Å². The maximum absolute atomic E-state index is 12.5. The Kier molecular flexibility index (Phi) is 4.55. The molecule has 0 fully saturated rings. The number of likely N-dealkylation sites (N-methyl/N-ethyl adjacent to an activating group) is 1. The molecule has 2 aromatic rings. The molecule has 118 valence electrons. The van der Waals surface area contributed by atoms with Gasteiger partial charge < -0.3 is 9.67 Å². The number of hydrogen-bond donors (Lipinski definition) is 1. The summed E-state index contributed by atoms with van der Waals surface area (Å²) in [5.41, 5.74) is 0.193. The molecule has 1 aromatic carbocycles. The van der Waals surface area contributed by atoms with E-state index in [-0.39, 0.29) is 15.6 Å². The van der Waals surface area contributed by atoms with Gasteiger partial charge in [-0.1, -0.05) is 29.8 Å². The summed E-state index contributed by atoms with van der Waals surface area (Å²) < 4.78 is 27.3. The van der Waals surface area contributed by atoms with Crippen molar-refractivity contribution < 1.29 is 18.3 Å². The van der Waals surface area contributed by atoms with Gasteiger partial charge in [0.15, 0.2) is 5.03 Å². The van der Waals surface area contributed by atoms with Crippen LogP contribution in [0.1, 0.15) is 11.6 Å². The fraction of sp³-hybridized carbons (Fsp3) is 0.231. The first-order valence-corrected chi connectivity index (χ1v) is 8.00. The largest absolute Gasteiger partial charge is 0.480 e. The van der Waals surface area contributed by atoms with Gasteiger partial charge in [0.1, 0.15) is 6.04 Å². The molecule has 7 nitrogen and oxygen atoms in total. The number of rotatable bonds is 5. The van der Waals surface area contributed by atoms with Crippen molar-refractivity contribution in [3.8, 4) is 0 Å². The number of carbonyl (C=O) groups is 1. The molecule has 1 atom stereocenters. The zero-order chi connectivity index (χ0) is 16.5. The number of carboxylic acid groups (broad SMARTS) is 1. The van der Waals surface area contributed by atoms with Gasteiger partial charge in [-0.3, -0.25) is 4.79 Å². The number of nitrogens with zero attached hydrogens (tertiary/aromatic N) is 3. The Balaban J connectivity index is 2.50. The molecule has 1 heterocycles. The maximum Gasteiger partial charge on any atom is 0.326 e. The molecule has 0 radical (unpaired) electrons. The normalized spacial score (nSPS) is 13.3. The van der Waals surface area contributed by atoms with E-state index in [0.29, 0.717) is 0 Å². The molecule has 22 heavy (non-hydrogen) atoms. The standard InChI is InChI=1S/C13H14ClN3O4S/c1-16-7-11(15-8-16)22(20,21)17(2)12(13(18)19)9-5-3-4-6-10(9)14/h3-8,12H,1-2H3,(H,18,19). The molecule has 1 N–H and O–H groups in total. The van der Waals surface area contributed by atoms with Crippen molar-refractivity contribution in [3.05, 3.63) is 47.4 Å². The molecule has 0 aliphatic heterocycles. The van der Waals surface area contributed by atoms with Gasteiger partial charge in [0.05, 0.1) is 6.33 Å². The zero-order valence-electron chi connectivity index (χ0n) is 11.8. The highest BCUT2D eigenvalue weighted by Gasteiger charge is 2.36. The van der Waals surface area contributed by atoms with Crippen LogP contribution >= 0.6 is 11.6 Å². The first kappa shape index (κ1) is 16.5. The highest BCUT2D eigenvalue weighted by molar-refractivity contribution is 7.89. The lowest BCUT2D eigenvalue weighted by molar-refractivity contribution is -0.141. The van der Waals surface area contributed by atoms with Crippen LogP contribution in [0.3, 0.4) is 0 Å². The Bertz CT molecular complexity index is 803. The molecular weight excluding hydrogens is 330 g/mol. The molecule has 0 spiro atoms. The minimum atomic E-state index is -4.07. The first-order valence-electron chi connectivity index (χ1n) is 6.18. The van der Waals surface area contributed by atoms with Crippen molar-refractivity contribution in [1.82, 2.24) is 13.9 Å². The highest BCUT2D eigenvalue weighted by Crippen LogP contribution is 2.30. The van der Waals surface area contributed by atoms with Crippen LogP contribution in [0.15, 0.2) is 41.8 Å². The Hall–Kier alpha value is -1.90. The summed E-state index contributed by atoms with van der Waals surface area (Å²) in [7, 11) is -1.26. The Morgan fingerprint density at radius 1 is 1.41 bits per heavy atom. The van der Waals surface area contributed by atoms with E-state index in [1.165, 1.54) is 36.3 Å². The lowest BCUT2D eigenvalue weighted by Crippen LogP contribution is -2.36. The number of imidazole rings is 1. The lowest BCUT2D eigenvalue weighted by Gasteiger charge is -2.24. The van der Waals surface area contributed by atoms with Crippen molar-refractivity contribution in [2.45, 2.75) is 11.1 Å². The molecule has 0 saturated heterocycles. The van der Waals surface area contributed by atoms with E-state index in [1.54, 1.807) is 19.2 Å². The molecule has 1 unspecified atom stereocenters. The quantitative estimate of drug-likeness (QED) is 0.888. The summed E-state index contributed by atoms with van der Waals surface area (Å²) in [4.78, 5) is 15.4. The van der Waals surface area contributed by atoms with Gasteiger partial charge in [0.2, 0.25) is 0 Å².